The second-order valence-electron chi connectivity index (χ2n) is 4.97. The molecule has 1 aromatic carbocycles. The summed E-state index contributed by atoms with van der Waals surface area (Å²) in [6.45, 7) is 2.13. The van der Waals surface area contributed by atoms with E-state index in [0.717, 1.165) is 35.7 Å². The molecule has 1 fully saturated rings. The van der Waals surface area contributed by atoms with Gasteiger partial charge in [-0.05, 0) is 47.3 Å². The number of aryl methyl sites for hydroxylation is 1. The minimum absolute atomic E-state index is 0.0379. The molecule has 1 aromatic rings. The maximum Gasteiger partial charge on any atom is 0.256 e. The monoisotopic (exact) mass is 320 g/mol. The lowest BCUT2D eigenvalue weighted by molar-refractivity contribution is 0.0708. The number of amides is 1. The van der Waals surface area contributed by atoms with E-state index in [2.05, 4.69) is 22.0 Å². The third-order valence-electron chi connectivity index (χ3n) is 3.69. The van der Waals surface area contributed by atoms with Crippen molar-refractivity contribution in [1.29, 1.82) is 5.26 Å². The summed E-state index contributed by atoms with van der Waals surface area (Å²) in [5.41, 5.74) is 1.69. The molecule has 0 aromatic heterocycles. The zero-order chi connectivity index (χ0) is 13.8. The quantitative estimate of drug-likeness (QED) is 0.797. The molecule has 19 heavy (non-hydrogen) atoms. The predicted octanol–water partition coefficient (Wildman–Crippen LogP) is 3.67. The van der Waals surface area contributed by atoms with Crippen molar-refractivity contribution in [3.05, 3.63) is 33.8 Å². The second kappa shape index (κ2) is 6.21. The number of carbonyl (C=O) groups is 1. The van der Waals surface area contributed by atoms with E-state index < -0.39 is 0 Å². The molecule has 0 spiro atoms. The van der Waals surface area contributed by atoms with Crippen molar-refractivity contribution in [1.82, 2.24) is 4.90 Å². The Labute approximate surface area is 122 Å². The van der Waals surface area contributed by atoms with Crippen molar-refractivity contribution in [2.24, 2.45) is 0 Å². The zero-order valence-corrected chi connectivity index (χ0v) is 12.6. The Morgan fingerprint density at radius 3 is 2.79 bits per heavy atom. The van der Waals surface area contributed by atoms with Gasteiger partial charge in [0.15, 0.2) is 0 Å². The minimum Gasteiger partial charge on any atom is -0.322 e. The summed E-state index contributed by atoms with van der Waals surface area (Å²) in [5.74, 6) is -0.0379. The van der Waals surface area contributed by atoms with Gasteiger partial charge in [0.05, 0.1) is 11.6 Å². The summed E-state index contributed by atoms with van der Waals surface area (Å²) in [6, 6.07) is 8.00. The van der Waals surface area contributed by atoms with Gasteiger partial charge in [0, 0.05) is 10.5 Å². The molecule has 2 rings (SSSR count). The highest BCUT2D eigenvalue weighted by molar-refractivity contribution is 9.10. The molecule has 1 amide bonds. The number of benzene rings is 1. The second-order valence-corrected chi connectivity index (χ2v) is 5.76. The highest BCUT2D eigenvalue weighted by Gasteiger charge is 2.28. The molecule has 1 aliphatic rings. The maximum absolute atomic E-state index is 12.6. The van der Waals surface area contributed by atoms with Crippen LogP contribution in [-0.4, -0.2) is 23.4 Å². The Kier molecular flexibility index (Phi) is 4.60. The SMILES string of the molecule is Cc1cccc(C(=O)N(CC#N)C2CCCC2)c1Br. The van der Waals surface area contributed by atoms with E-state index in [1.54, 1.807) is 4.90 Å². The van der Waals surface area contributed by atoms with E-state index in [0.29, 0.717) is 5.56 Å². The van der Waals surface area contributed by atoms with Gasteiger partial charge in [0.1, 0.15) is 6.54 Å². The summed E-state index contributed by atoms with van der Waals surface area (Å²) < 4.78 is 0.834. The predicted molar refractivity (Wildman–Crippen MR) is 77.8 cm³/mol. The van der Waals surface area contributed by atoms with E-state index in [4.69, 9.17) is 5.26 Å². The number of nitriles is 1. The highest BCUT2D eigenvalue weighted by atomic mass is 79.9. The van der Waals surface area contributed by atoms with Gasteiger partial charge in [0.25, 0.3) is 5.91 Å². The summed E-state index contributed by atoms with van der Waals surface area (Å²) in [6.07, 6.45) is 4.32. The fourth-order valence-corrected chi connectivity index (χ4v) is 3.06. The molecule has 1 aliphatic carbocycles. The molecule has 3 nitrogen and oxygen atoms in total. The van der Waals surface area contributed by atoms with E-state index in [1.165, 1.54) is 0 Å². The minimum atomic E-state index is -0.0379. The molecule has 0 bridgehead atoms. The van der Waals surface area contributed by atoms with Crippen LogP contribution >= 0.6 is 15.9 Å². The molecule has 0 atom stereocenters. The molecule has 1 saturated carbocycles. The van der Waals surface area contributed by atoms with Gasteiger partial charge in [-0.1, -0.05) is 25.0 Å². The Balaban J connectivity index is 2.28. The van der Waals surface area contributed by atoms with Gasteiger partial charge >= 0.3 is 0 Å². The largest absolute Gasteiger partial charge is 0.322 e. The van der Waals surface area contributed by atoms with E-state index in [-0.39, 0.29) is 18.5 Å². The van der Waals surface area contributed by atoms with Crippen LogP contribution in [0.1, 0.15) is 41.6 Å². The van der Waals surface area contributed by atoms with Gasteiger partial charge in [-0.2, -0.15) is 5.26 Å². The van der Waals surface area contributed by atoms with Crippen molar-refractivity contribution < 1.29 is 4.79 Å². The summed E-state index contributed by atoms with van der Waals surface area (Å²) in [4.78, 5) is 14.4. The number of carbonyl (C=O) groups excluding carboxylic acids is 1. The smallest absolute Gasteiger partial charge is 0.256 e. The normalized spacial score (nSPS) is 15.2. The van der Waals surface area contributed by atoms with Gasteiger partial charge < -0.3 is 4.90 Å². The molecular weight excluding hydrogens is 304 g/mol. The van der Waals surface area contributed by atoms with Crippen LogP contribution in [0.25, 0.3) is 0 Å². The van der Waals surface area contributed by atoms with Gasteiger partial charge in [0.2, 0.25) is 0 Å². The van der Waals surface area contributed by atoms with Crippen LogP contribution in [0.3, 0.4) is 0 Å². The number of halogens is 1. The van der Waals surface area contributed by atoms with Crippen molar-refractivity contribution in [3.63, 3.8) is 0 Å². The fourth-order valence-electron chi connectivity index (χ4n) is 2.63. The van der Waals surface area contributed by atoms with Crippen molar-refractivity contribution >= 4 is 21.8 Å². The van der Waals surface area contributed by atoms with Crippen LogP contribution in [0.4, 0.5) is 0 Å². The van der Waals surface area contributed by atoms with Crippen LogP contribution in [0.5, 0.6) is 0 Å². The Bertz CT molecular complexity index is 515. The van der Waals surface area contributed by atoms with Gasteiger partial charge in [-0.3, -0.25) is 4.79 Å². The average Bonchev–Trinajstić information content (AvgIpc) is 2.92. The molecule has 0 heterocycles. The molecule has 0 saturated heterocycles. The lowest BCUT2D eigenvalue weighted by Crippen LogP contribution is -2.39. The lowest BCUT2D eigenvalue weighted by atomic mass is 10.1. The summed E-state index contributed by atoms with van der Waals surface area (Å²) in [7, 11) is 0. The topological polar surface area (TPSA) is 44.1 Å². The molecule has 0 unspecified atom stereocenters. The Hall–Kier alpha value is -1.34. The molecule has 0 radical (unpaired) electrons. The Morgan fingerprint density at radius 2 is 2.16 bits per heavy atom. The van der Waals surface area contributed by atoms with Crippen LogP contribution in [0, 0.1) is 18.3 Å². The highest BCUT2D eigenvalue weighted by Crippen LogP contribution is 2.27. The van der Waals surface area contributed by atoms with Crippen molar-refractivity contribution in [2.45, 2.75) is 38.6 Å². The van der Waals surface area contributed by atoms with Gasteiger partial charge in [-0.25, -0.2) is 0 Å². The molecule has 100 valence electrons. The third-order valence-corrected chi connectivity index (χ3v) is 4.74. The van der Waals surface area contributed by atoms with Crippen LogP contribution < -0.4 is 0 Å². The van der Waals surface area contributed by atoms with Crippen molar-refractivity contribution in [3.8, 4) is 6.07 Å². The molecule has 0 N–H and O–H groups in total. The standard InChI is InChI=1S/C15H17BrN2O/c1-11-5-4-8-13(14(11)16)15(19)18(10-9-17)12-6-2-3-7-12/h4-5,8,12H,2-3,6-7,10H2,1H3. The maximum atomic E-state index is 12.6. The lowest BCUT2D eigenvalue weighted by Gasteiger charge is -2.27. The van der Waals surface area contributed by atoms with E-state index in [1.807, 2.05) is 25.1 Å². The molecular formula is C15H17BrN2O. The fraction of sp³-hybridized carbons (Fsp3) is 0.467. The van der Waals surface area contributed by atoms with E-state index in [9.17, 15) is 4.79 Å². The van der Waals surface area contributed by atoms with Crippen molar-refractivity contribution in [2.75, 3.05) is 6.54 Å². The van der Waals surface area contributed by atoms with Crippen LogP contribution in [0.15, 0.2) is 22.7 Å². The first kappa shape index (κ1) is 14.1. The number of rotatable bonds is 3. The first-order chi connectivity index (χ1) is 9.15. The van der Waals surface area contributed by atoms with Gasteiger partial charge in [-0.15, -0.1) is 0 Å². The van der Waals surface area contributed by atoms with E-state index >= 15 is 0 Å². The number of hydrogen-bond donors (Lipinski definition) is 0. The number of hydrogen-bond acceptors (Lipinski definition) is 2. The first-order valence-electron chi connectivity index (χ1n) is 6.58. The molecule has 4 heteroatoms. The first-order valence-corrected chi connectivity index (χ1v) is 7.37. The zero-order valence-electron chi connectivity index (χ0n) is 11.0. The Morgan fingerprint density at radius 1 is 1.47 bits per heavy atom. The summed E-state index contributed by atoms with van der Waals surface area (Å²) >= 11 is 3.48. The van der Waals surface area contributed by atoms with Crippen LogP contribution in [-0.2, 0) is 0 Å². The average molecular weight is 321 g/mol. The number of nitrogens with zero attached hydrogens (tertiary/aromatic N) is 2. The molecule has 0 aliphatic heterocycles. The van der Waals surface area contributed by atoms with Crippen LogP contribution in [0.2, 0.25) is 0 Å². The third kappa shape index (κ3) is 2.98. The summed E-state index contributed by atoms with van der Waals surface area (Å²) in [5, 5.41) is 8.96.